The van der Waals surface area contributed by atoms with Crippen LogP contribution in [-0.4, -0.2) is 25.9 Å². The van der Waals surface area contributed by atoms with Gasteiger partial charge in [0.05, 0.1) is 6.61 Å². The van der Waals surface area contributed by atoms with Crippen molar-refractivity contribution >= 4 is 0 Å². The Morgan fingerprint density at radius 3 is 3.10 bits per heavy atom. The van der Waals surface area contributed by atoms with E-state index >= 15 is 0 Å². The lowest BCUT2D eigenvalue weighted by Crippen LogP contribution is -2.17. The number of ether oxygens (including phenoxy) is 3. The van der Waals surface area contributed by atoms with E-state index in [9.17, 15) is 0 Å². The van der Waals surface area contributed by atoms with Crippen LogP contribution >= 0.6 is 0 Å². The molecule has 1 saturated heterocycles. The molecule has 0 bridgehead atoms. The Balaban J connectivity index is 2.12. The van der Waals surface area contributed by atoms with Crippen LogP contribution in [0.1, 0.15) is 6.92 Å². The fraction of sp³-hybridized carbons (Fsp3) is 0.714. The molecule has 1 fully saturated rings. The average molecular weight is 144 g/mol. The Hall–Kier alpha value is -0.700. The average Bonchev–Trinajstić information content (AvgIpc) is 2.31. The van der Waals surface area contributed by atoms with Gasteiger partial charge in [0.25, 0.3) is 5.95 Å². The normalized spacial score (nSPS) is 24.1. The van der Waals surface area contributed by atoms with E-state index in [1.165, 1.54) is 0 Å². The molecule has 3 heteroatoms. The summed E-state index contributed by atoms with van der Waals surface area (Å²) >= 11 is 0. The third kappa shape index (κ3) is 1.92. The van der Waals surface area contributed by atoms with E-state index in [-0.39, 0.29) is 6.10 Å². The van der Waals surface area contributed by atoms with Gasteiger partial charge in [-0.15, -0.1) is 0 Å². The van der Waals surface area contributed by atoms with Crippen molar-refractivity contribution in [1.82, 2.24) is 0 Å². The van der Waals surface area contributed by atoms with E-state index in [0.29, 0.717) is 25.8 Å². The van der Waals surface area contributed by atoms with Gasteiger partial charge in [-0.05, 0) is 13.5 Å². The van der Waals surface area contributed by atoms with E-state index < -0.39 is 0 Å². The van der Waals surface area contributed by atoms with Crippen LogP contribution in [0.3, 0.4) is 0 Å². The molecule has 1 aliphatic rings. The number of hydrogen-bond acceptors (Lipinski definition) is 3. The van der Waals surface area contributed by atoms with Gasteiger partial charge in [-0.1, -0.05) is 0 Å². The van der Waals surface area contributed by atoms with Crippen molar-refractivity contribution in [2.45, 2.75) is 13.0 Å². The zero-order valence-corrected chi connectivity index (χ0v) is 6.13. The monoisotopic (exact) mass is 144 g/mol. The molecule has 1 atom stereocenters. The van der Waals surface area contributed by atoms with Crippen molar-refractivity contribution in [3.63, 3.8) is 0 Å². The summed E-state index contributed by atoms with van der Waals surface area (Å²) in [6.45, 7) is 7.34. The second kappa shape index (κ2) is 3.46. The molecule has 0 radical (unpaired) electrons. The summed E-state index contributed by atoms with van der Waals surface area (Å²) in [6, 6.07) is 0. The van der Waals surface area contributed by atoms with Crippen molar-refractivity contribution in [3.05, 3.63) is 12.5 Å². The lowest BCUT2D eigenvalue weighted by Gasteiger charge is -2.05. The summed E-state index contributed by atoms with van der Waals surface area (Å²) in [5.74, 6) is 0.407. The Labute approximate surface area is 60.6 Å². The van der Waals surface area contributed by atoms with Crippen molar-refractivity contribution in [3.8, 4) is 0 Å². The van der Waals surface area contributed by atoms with Crippen LogP contribution < -0.4 is 0 Å². The Morgan fingerprint density at radius 1 is 1.80 bits per heavy atom. The van der Waals surface area contributed by atoms with Crippen LogP contribution in [-0.2, 0) is 14.2 Å². The molecule has 1 heterocycles. The molecule has 0 saturated carbocycles. The molecule has 3 nitrogen and oxygen atoms in total. The predicted octanol–water partition coefficient (Wildman–Crippen LogP) is 0.909. The maximum Gasteiger partial charge on any atom is 0.272 e. The van der Waals surface area contributed by atoms with Crippen molar-refractivity contribution in [2.24, 2.45) is 0 Å². The fourth-order valence-electron chi connectivity index (χ4n) is 0.771. The first-order valence-electron chi connectivity index (χ1n) is 3.39. The van der Waals surface area contributed by atoms with Crippen LogP contribution in [0.2, 0.25) is 0 Å². The van der Waals surface area contributed by atoms with Gasteiger partial charge in [0, 0.05) is 6.61 Å². The van der Waals surface area contributed by atoms with E-state index in [4.69, 9.17) is 14.2 Å². The number of rotatable bonds is 3. The van der Waals surface area contributed by atoms with Gasteiger partial charge in [-0.2, -0.15) is 0 Å². The Kier molecular flexibility index (Phi) is 2.57. The van der Waals surface area contributed by atoms with Gasteiger partial charge in [0.1, 0.15) is 6.61 Å². The Bertz CT molecular complexity index is 122. The van der Waals surface area contributed by atoms with Crippen LogP contribution in [0.15, 0.2) is 12.5 Å². The quantitative estimate of drug-likeness (QED) is 0.589. The van der Waals surface area contributed by atoms with E-state index in [1.807, 2.05) is 6.92 Å². The molecule has 0 aromatic carbocycles. The topological polar surface area (TPSA) is 27.7 Å². The molecule has 1 rings (SSSR count). The molecular formula is C7H12O3. The SMILES string of the molecule is C=C1OCC(COCC)O1. The summed E-state index contributed by atoms with van der Waals surface area (Å²) in [4.78, 5) is 0. The number of hydrogen-bond donors (Lipinski definition) is 0. The highest BCUT2D eigenvalue weighted by molar-refractivity contribution is 4.78. The lowest BCUT2D eigenvalue weighted by molar-refractivity contribution is 0.0473. The first-order chi connectivity index (χ1) is 4.83. The maximum atomic E-state index is 5.12. The maximum absolute atomic E-state index is 5.12. The molecule has 10 heavy (non-hydrogen) atoms. The highest BCUT2D eigenvalue weighted by atomic mass is 16.7. The minimum atomic E-state index is 0.0486. The molecule has 58 valence electrons. The highest BCUT2D eigenvalue weighted by Crippen LogP contribution is 2.12. The van der Waals surface area contributed by atoms with Crippen LogP contribution in [0, 0.1) is 0 Å². The first-order valence-corrected chi connectivity index (χ1v) is 3.39. The molecule has 1 unspecified atom stereocenters. The minimum absolute atomic E-state index is 0.0486. The lowest BCUT2D eigenvalue weighted by atomic mass is 10.4. The van der Waals surface area contributed by atoms with E-state index in [2.05, 4.69) is 6.58 Å². The van der Waals surface area contributed by atoms with Gasteiger partial charge in [0.2, 0.25) is 0 Å². The zero-order valence-electron chi connectivity index (χ0n) is 6.13. The first kappa shape index (κ1) is 7.41. The Morgan fingerprint density at radius 2 is 2.60 bits per heavy atom. The molecule has 0 amide bonds. The van der Waals surface area contributed by atoms with Crippen LogP contribution in [0.5, 0.6) is 0 Å². The van der Waals surface area contributed by atoms with Gasteiger partial charge < -0.3 is 14.2 Å². The molecular weight excluding hydrogens is 132 g/mol. The second-order valence-corrected chi connectivity index (χ2v) is 2.08. The largest absolute Gasteiger partial charge is 0.462 e. The summed E-state index contributed by atoms with van der Waals surface area (Å²) in [6.07, 6.45) is 0.0486. The molecule has 0 aromatic rings. The van der Waals surface area contributed by atoms with E-state index in [1.54, 1.807) is 0 Å². The van der Waals surface area contributed by atoms with Crippen molar-refractivity contribution in [2.75, 3.05) is 19.8 Å². The second-order valence-electron chi connectivity index (χ2n) is 2.08. The molecule has 0 N–H and O–H groups in total. The van der Waals surface area contributed by atoms with Gasteiger partial charge in [-0.3, -0.25) is 0 Å². The van der Waals surface area contributed by atoms with Gasteiger partial charge in [0.15, 0.2) is 6.10 Å². The van der Waals surface area contributed by atoms with Gasteiger partial charge in [-0.25, -0.2) is 0 Å². The predicted molar refractivity (Wildman–Crippen MR) is 36.5 cm³/mol. The highest BCUT2D eigenvalue weighted by Gasteiger charge is 2.19. The molecule has 0 spiro atoms. The van der Waals surface area contributed by atoms with Crippen molar-refractivity contribution < 1.29 is 14.2 Å². The summed E-state index contributed by atoms with van der Waals surface area (Å²) in [5, 5.41) is 0. The third-order valence-corrected chi connectivity index (χ3v) is 1.24. The summed E-state index contributed by atoms with van der Waals surface area (Å²) in [7, 11) is 0. The van der Waals surface area contributed by atoms with Crippen LogP contribution in [0.4, 0.5) is 0 Å². The van der Waals surface area contributed by atoms with E-state index in [0.717, 1.165) is 0 Å². The summed E-state index contributed by atoms with van der Waals surface area (Å²) in [5.41, 5.74) is 0. The van der Waals surface area contributed by atoms with Crippen molar-refractivity contribution in [1.29, 1.82) is 0 Å². The van der Waals surface area contributed by atoms with Gasteiger partial charge >= 0.3 is 0 Å². The summed E-state index contributed by atoms with van der Waals surface area (Å²) < 4.78 is 15.2. The standard InChI is InChI=1S/C7H12O3/c1-3-8-4-7-5-9-6(2)10-7/h7H,2-5H2,1H3. The minimum Gasteiger partial charge on any atom is -0.462 e. The zero-order chi connectivity index (χ0) is 7.40. The molecule has 1 aliphatic heterocycles. The smallest absolute Gasteiger partial charge is 0.272 e. The van der Waals surface area contributed by atoms with Crippen LogP contribution in [0.25, 0.3) is 0 Å². The third-order valence-electron chi connectivity index (χ3n) is 1.24. The molecule has 0 aromatic heterocycles. The molecule has 0 aliphatic carbocycles. The fourth-order valence-corrected chi connectivity index (χ4v) is 0.771.